The second-order valence-electron chi connectivity index (χ2n) is 10.1. The van der Waals surface area contributed by atoms with E-state index in [4.69, 9.17) is 0 Å². The Balaban J connectivity index is 1.41. The van der Waals surface area contributed by atoms with Crippen molar-refractivity contribution in [3.63, 3.8) is 0 Å². The molecule has 0 atom stereocenters. The zero-order valence-corrected chi connectivity index (χ0v) is 19.5. The number of unbranched alkanes of at least 4 members (excludes halogenated alkanes) is 3. The molecule has 2 fully saturated rings. The van der Waals surface area contributed by atoms with E-state index < -0.39 is 0 Å². The third-order valence-electron chi connectivity index (χ3n) is 7.82. The van der Waals surface area contributed by atoms with Crippen molar-refractivity contribution >= 4 is 0 Å². The standard InChI is InChI=1S/C29H43F/c1-3-5-7-8-23-12-17-26(18-13-23)27-19-14-24(15-20-27)10-11-25-16-21-28(9-6-4-2)29(30)22-25/h16,21-24,26-27H,3-9,12-15,17-20H2,1-2H3. The Hall–Kier alpha value is -1.29. The van der Waals surface area contributed by atoms with Crippen LogP contribution in [0.4, 0.5) is 4.39 Å². The minimum atomic E-state index is -0.0794. The Bertz CT molecular complexity index is 678. The summed E-state index contributed by atoms with van der Waals surface area (Å²) < 4.78 is 14.2. The van der Waals surface area contributed by atoms with Gasteiger partial charge in [-0.05, 0) is 86.8 Å². The van der Waals surface area contributed by atoms with Gasteiger partial charge in [0.1, 0.15) is 5.82 Å². The van der Waals surface area contributed by atoms with Gasteiger partial charge in [-0.25, -0.2) is 4.39 Å². The molecule has 0 saturated heterocycles. The SMILES string of the molecule is CCCCCC1CCC(C2CCC(C#Cc3ccc(CCCC)c(F)c3)CC2)CC1. The van der Waals surface area contributed by atoms with Crippen molar-refractivity contribution in [2.24, 2.45) is 23.7 Å². The molecule has 0 unspecified atom stereocenters. The van der Waals surface area contributed by atoms with Gasteiger partial charge in [0.25, 0.3) is 0 Å². The van der Waals surface area contributed by atoms with Gasteiger partial charge >= 0.3 is 0 Å². The number of benzene rings is 1. The van der Waals surface area contributed by atoms with E-state index in [1.54, 1.807) is 6.07 Å². The summed E-state index contributed by atoms with van der Waals surface area (Å²) in [6, 6.07) is 5.58. The van der Waals surface area contributed by atoms with E-state index in [1.165, 1.54) is 77.0 Å². The van der Waals surface area contributed by atoms with Gasteiger partial charge in [0, 0.05) is 11.5 Å². The predicted molar refractivity (Wildman–Crippen MR) is 127 cm³/mol. The average Bonchev–Trinajstić information content (AvgIpc) is 2.78. The van der Waals surface area contributed by atoms with Gasteiger partial charge in [-0.2, -0.15) is 0 Å². The minimum Gasteiger partial charge on any atom is -0.207 e. The van der Waals surface area contributed by atoms with Crippen molar-refractivity contribution in [1.29, 1.82) is 0 Å². The molecule has 2 saturated carbocycles. The van der Waals surface area contributed by atoms with Crippen molar-refractivity contribution < 1.29 is 4.39 Å². The van der Waals surface area contributed by atoms with Crippen LogP contribution in [-0.4, -0.2) is 0 Å². The molecule has 0 radical (unpaired) electrons. The van der Waals surface area contributed by atoms with Crippen LogP contribution in [0.1, 0.15) is 115 Å². The van der Waals surface area contributed by atoms with Crippen LogP contribution < -0.4 is 0 Å². The molecule has 0 aliphatic heterocycles. The van der Waals surface area contributed by atoms with Gasteiger partial charge in [-0.3, -0.25) is 0 Å². The fourth-order valence-corrected chi connectivity index (χ4v) is 5.75. The Labute approximate surface area is 185 Å². The maximum absolute atomic E-state index is 14.2. The molecule has 0 bridgehead atoms. The van der Waals surface area contributed by atoms with E-state index >= 15 is 0 Å². The van der Waals surface area contributed by atoms with Crippen LogP contribution in [0.15, 0.2) is 18.2 Å². The first kappa shape index (κ1) is 23.4. The number of aryl methyl sites for hydroxylation is 1. The molecule has 1 heteroatoms. The van der Waals surface area contributed by atoms with Gasteiger partial charge in [0.2, 0.25) is 0 Å². The lowest BCUT2D eigenvalue weighted by Gasteiger charge is -2.37. The minimum absolute atomic E-state index is 0.0794. The Morgan fingerprint density at radius 1 is 0.833 bits per heavy atom. The summed E-state index contributed by atoms with van der Waals surface area (Å²) in [6.07, 6.45) is 19.8. The molecular weight excluding hydrogens is 367 g/mol. The van der Waals surface area contributed by atoms with Crippen LogP contribution in [0.5, 0.6) is 0 Å². The second kappa shape index (κ2) is 12.5. The summed E-state index contributed by atoms with van der Waals surface area (Å²) in [5, 5.41) is 0. The van der Waals surface area contributed by atoms with Gasteiger partial charge in [0.15, 0.2) is 0 Å². The molecule has 0 aromatic heterocycles. The highest BCUT2D eigenvalue weighted by Crippen LogP contribution is 2.42. The van der Waals surface area contributed by atoms with E-state index in [-0.39, 0.29) is 5.82 Å². The summed E-state index contributed by atoms with van der Waals surface area (Å²) in [4.78, 5) is 0. The van der Waals surface area contributed by atoms with Crippen molar-refractivity contribution in [3.8, 4) is 11.8 Å². The quantitative estimate of drug-likeness (QED) is 0.297. The molecule has 3 rings (SSSR count). The van der Waals surface area contributed by atoms with Gasteiger partial charge < -0.3 is 0 Å². The normalized spacial score (nSPS) is 26.8. The average molecular weight is 411 g/mol. The molecule has 0 heterocycles. The molecular formula is C29H43F. The van der Waals surface area contributed by atoms with Crippen molar-refractivity contribution in [2.75, 3.05) is 0 Å². The van der Waals surface area contributed by atoms with E-state index in [9.17, 15) is 4.39 Å². The fraction of sp³-hybridized carbons (Fsp3) is 0.724. The summed E-state index contributed by atoms with van der Waals surface area (Å²) >= 11 is 0. The summed E-state index contributed by atoms with van der Waals surface area (Å²) in [5.74, 6) is 10.1. The zero-order chi connectivity index (χ0) is 21.2. The maximum Gasteiger partial charge on any atom is 0.127 e. The lowest BCUT2D eigenvalue weighted by Crippen LogP contribution is -2.25. The highest BCUT2D eigenvalue weighted by atomic mass is 19.1. The van der Waals surface area contributed by atoms with Crippen molar-refractivity contribution in [1.82, 2.24) is 0 Å². The van der Waals surface area contributed by atoms with Gasteiger partial charge in [-0.15, -0.1) is 0 Å². The van der Waals surface area contributed by atoms with Crippen molar-refractivity contribution in [3.05, 3.63) is 35.1 Å². The predicted octanol–water partition coefficient (Wildman–Crippen LogP) is 8.71. The Morgan fingerprint density at radius 3 is 2.13 bits per heavy atom. The number of halogens is 1. The zero-order valence-electron chi connectivity index (χ0n) is 19.5. The first-order valence-corrected chi connectivity index (χ1v) is 13.0. The van der Waals surface area contributed by atoms with E-state index in [0.29, 0.717) is 5.92 Å². The summed E-state index contributed by atoms with van der Waals surface area (Å²) in [7, 11) is 0. The van der Waals surface area contributed by atoms with Crippen LogP contribution in [0, 0.1) is 41.3 Å². The van der Waals surface area contributed by atoms with Crippen LogP contribution in [0.25, 0.3) is 0 Å². The van der Waals surface area contributed by atoms with Crippen LogP contribution >= 0.6 is 0 Å². The highest BCUT2D eigenvalue weighted by Gasteiger charge is 2.30. The van der Waals surface area contributed by atoms with Crippen molar-refractivity contribution in [2.45, 2.75) is 110 Å². The number of rotatable bonds is 8. The van der Waals surface area contributed by atoms with Crippen LogP contribution in [0.3, 0.4) is 0 Å². The smallest absolute Gasteiger partial charge is 0.127 e. The molecule has 30 heavy (non-hydrogen) atoms. The Kier molecular flexibility index (Phi) is 9.77. The molecule has 2 aliphatic carbocycles. The second-order valence-corrected chi connectivity index (χ2v) is 10.1. The van der Waals surface area contributed by atoms with Crippen LogP contribution in [0.2, 0.25) is 0 Å². The first-order valence-electron chi connectivity index (χ1n) is 13.0. The third kappa shape index (κ3) is 7.14. The van der Waals surface area contributed by atoms with Gasteiger partial charge in [0.05, 0.1) is 0 Å². The monoisotopic (exact) mass is 410 g/mol. The highest BCUT2D eigenvalue weighted by molar-refractivity contribution is 5.37. The molecule has 2 aliphatic rings. The molecule has 0 nitrogen and oxygen atoms in total. The first-order chi connectivity index (χ1) is 14.7. The van der Waals surface area contributed by atoms with Crippen LogP contribution in [-0.2, 0) is 6.42 Å². The summed E-state index contributed by atoms with van der Waals surface area (Å²) in [6.45, 7) is 4.45. The largest absolute Gasteiger partial charge is 0.207 e. The number of hydrogen-bond acceptors (Lipinski definition) is 0. The lowest BCUT2D eigenvalue weighted by atomic mass is 9.69. The maximum atomic E-state index is 14.2. The van der Waals surface area contributed by atoms with E-state index in [2.05, 4.69) is 25.7 Å². The lowest BCUT2D eigenvalue weighted by molar-refractivity contribution is 0.153. The molecule has 1 aromatic rings. The topological polar surface area (TPSA) is 0 Å². The molecule has 0 N–H and O–H groups in total. The summed E-state index contributed by atoms with van der Waals surface area (Å²) in [5.41, 5.74) is 1.68. The van der Waals surface area contributed by atoms with E-state index in [1.807, 2.05) is 12.1 Å². The molecule has 1 aromatic carbocycles. The Morgan fingerprint density at radius 2 is 1.50 bits per heavy atom. The van der Waals surface area contributed by atoms with Gasteiger partial charge in [-0.1, -0.05) is 76.7 Å². The molecule has 166 valence electrons. The fourth-order valence-electron chi connectivity index (χ4n) is 5.75. The third-order valence-corrected chi connectivity index (χ3v) is 7.82. The molecule has 0 spiro atoms. The number of hydrogen-bond donors (Lipinski definition) is 0. The molecule has 0 amide bonds. The van der Waals surface area contributed by atoms with E-state index in [0.717, 1.165) is 48.1 Å².